The van der Waals surface area contributed by atoms with Crippen molar-refractivity contribution in [2.24, 2.45) is 23.5 Å². The topological polar surface area (TPSA) is 26.0 Å². The van der Waals surface area contributed by atoms with Gasteiger partial charge in [0.1, 0.15) is 0 Å². The summed E-state index contributed by atoms with van der Waals surface area (Å²) in [7, 11) is 0. The van der Waals surface area contributed by atoms with Crippen LogP contribution in [0.15, 0.2) is 12.1 Å². The molecule has 1 nitrogen and oxygen atoms in total. The van der Waals surface area contributed by atoms with Gasteiger partial charge in [0.2, 0.25) is 0 Å². The molecule has 0 radical (unpaired) electrons. The molecule has 0 amide bonds. The lowest BCUT2D eigenvalue weighted by molar-refractivity contribution is 0.392. The fourth-order valence-corrected chi connectivity index (χ4v) is 4.05. The predicted octanol–water partition coefficient (Wildman–Crippen LogP) is 3.53. The van der Waals surface area contributed by atoms with E-state index in [1.54, 1.807) is 0 Å². The van der Waals surface area contributed by atoms with E-state index in [2.05, 4.69) is 32.9 Å². The molecule has 2 N–H and O–H groups in total. The van der Waals surface area contributed by atoms with E-state index in [1.165, 1.54) is 41.5 Å². The van der Waals surface area contributed by atoms with Crippen LogP contribution in [0.4, 0.5) is 0 Å². The molecule has 0 aliphatic heterocycles. The number of hydrogen-bond donors (Lipinski definition) is 1. The predicted molar refractivity (Wildman–Crippen MR) is 76.7 cm³/mol. The zero-order valence-corrected chi connectivity index (χ0v) is 11.9. The number of aryl methyl sites for hydroxylation is 3. The highest BCUT2D eigenvalue weighted by atomic mass is 14.7. The van der Waals surface area contributed by atoms with E-state index in [0.29, 0.717) is 6.04 Å². The average molecular weight is 243 g/mol. The van der Waals surface area contributed by atoms with Gasteiger partial charge in [0, 0.05) is 6.04 Å². The Hall–Kier alpha value is -0.820. The summed E-state index contributed by atoms with van der Waals surface area (Å²) < 4.78 is 0. The second-order valence-electron chi connectivity index (χ2n) is 6.73. The quantitative estimate of drug-likeness (QED) is 0.863. The van der Waals surface area contributed by atoms with E-state index in [9.17, 15) is 0 Å². The van der Waals surface area contributed by atoms with E-state index >= 15 is 0 Å². The highest BCUT2D eigenvalue weighted by molar-refractivity contribution is 5.38. The third-order valence-electron chi connectivity index (χ3n) is 5.17. The Morgan fingerprint density at radius 2 is 1.61 bits per heavy atom. The van der Waals surface area contributed by atoms with E-state index in [-0.39, 0.29) is 0 Å². The van der Waals surface area contributed by atoms with Gasteiger partial charge in [-0.3, -0.25) is 0 Å². The van der Waals surface area contributed by atoms with E-state index in [0.717, 1.165) is 24.2 Å². The molecule has 0 bridgehead atoms. The Kier molecular flexibility index (Phi) is 2.97. The van der Waals surface area contributed by atoms with Crippen molar-refractivity contribution in [2.45, 2.75) is 52.5 Å². The summed E-state index contributed by atoms with van der Waals surface area (Å²) >= 11 is 0. The highest BCUT2D eigenvalue weighted by Crippen LogP contribution is 2.55. The molecule has 2 fully saturated rings. The summed E-state index contributed by atoms with van der Waals surface area (Å²) in [5.41, 5.74) is 12.2. The molecule has 3 unspecified atom stereocenters. The van der Waals surface area contributed by atoms with Gasteiger partial charge in [0.15, 0.2) is 0 Å². The Morgan fingerprint density at radius 1 is 1.06 bits per heavy atom. The molecule has 2 aliphatic rings. The first kappa shape index (κ1) is 12.2. The minimum absolute atomic E-state index is 0.373. The van der Waals surface area contributed by atoms with Crippen LogP contribution < -0.4 is 5.73 Å². The van der Waals surface area contributed by atoms with Crippen LogP contribution in [-0.2, 0) is 6.42 Å². The normalized spacial score (nSPS) is 31.2. The summed E-state index contributed by atoms with van der Waals surface area (Å²) in [6, 6.07) is 4.96. The number of hydrogen-bond acceptors (Lipinski definition) is 1. The molecule has 0 spiro atoms. The molecule has 0 aromatic heterocycles. The van der Waals surface area contributed by atoms with Crippen molar-refractivity contribution in [1.29, 1.82) is 0 Å². The van der Waals surface area contributed by atoms with Gasteiger partial charge in [-0.25, -0.2) is 0 Å². The molecule has 1 heteroatoms. The summed E-state index contributed by atoms with van der Waals surface area (Å²) in [5.74, 6) is 2.87. The Labute approximate surface area is 111 Å². The van der Waals surface area contributed by atoms with Gasteiger partial charge in [0.25, 0.3) is 0 Å². The number of benzene rings is 1. The van der Waals surface area contributed by atoms with E-state index < -0.39 is 0 Å². The van der Waals surface area contributed by atoms with Gasteiger partial charge >= 0.3 is 0 Å². The molecule has 18 heavy (non-hydrogen) atoms. The van der Waals surface area contributed by atoms with Crippen LogP contribution in [0.2, 0.25) is 0 Å². The minimum atomic E-state index is 0.373. The first-order valence-corrected chi connectivity index (χ1v) is 7.37. The molecule has 2 saturated carbocycles. The average Bonchev–Trinajstić information content (AvgIpc) is 2.90. The largest absolute Gasteiger partial charge is 0.327 e. The van der Waals surface area contributed by atoms with Gasteiger partial charge in [-0.2, -0.15) is 0 Å². The molecular formula is C17H25N. The van der Waals surface area contributed by atoms with Crippen LogP contribution in [0.1, 0.15) is 41.5 Å². The van der Waals surface area contributed by atoms with Crippen LogP contribution in [0.5, 0.6) is 0 Å². The monoisotopic (exact) mass is 243 g/mol. The molecule has 0 saturated heterocycles. The van der Waals surface area contributed by atoms with Crippen molar-refractivity contribution < 1.29 is 0 Å². The zero-order chi connectivity index (χ0) is 12.9. The van der Waals surface area contributed by atoms with Gasteiger partial charge in [-0.1, -0.05) is 17.7 Å². The maximum absolute atomic E-state index is 6.47. The fraction of sp³-hybridized carbons (Fsp3) is 0.647. The zero-order valence-electron chi connectivity index (χ0n) is 11.9. The lowest BCUT2D eigenvalue weighted by Gasteiger charge is -2.23. The molecule has 2 aliphatic carbocycles. The first-order chi connectivity index (χ1) is 8.54. The molecule has 1 aromatic carbocycles. The van der Waals surface area contributed by atoms with Gasteiger partial charge in [-0.15, -0.1) is 0 Å². The van der Waals surface area contributed by atoms with Crippen molar-refractivity contribution in [3.8, 4) is 0 Å². The number of nitrogens with two attached hydrogens (primary N) is 1. The second-order valence-corrected chi connectivity index (χ2v) is 6.73. The lowest BCUT2D eigenvalue weighted by Crippen LogP contribution is -2.32. The Bertz CT molecular complexity index is 430. The summed E-state index contributed by atoms with van der Waals surface area (Å²) in [4.78, 5) is 0. The lowest BCUT2D eigenvalue weighted by atomic mass is 9.87. The van der Waals surface area contributed by atoms with Crippen LogP contribution in [-0.4, -0.2) is 6.04 Å². The molecule has 98 valence electrons. The molecular weight excluding hydrogens is 218 g/mol. The smallest absolute Gasteiger partial charge is 0.0108 e. The summed E-state index contributed by atoms with van der Waals surface area (Å²) in [6.45, 7) is 6.64. The third kappa shape index (κ3) is 2.21. The maximum Gasteiger partial charge on any atom is 0.0108 e. The van der Waals surface area contributed by atoms with Crippen LogP contribution >= 0.6 is 0 Å². The van der Waals surface area contributed by atoms with Crippen molar-refractivity contribution in [3.05, 3.63) is 34.4 Å². The standard InChI is InChI=1S/C17H25N/c1-10-4-11(2)16(12(3)5-10)9-17(18)15-7-13-6-14(13)8-15/h4-5,13-15,17H,6-9,18H2,1-3H3. The van der Waals surface area contributed by atoms with Crippen molar-refractivity contribution >= 4 is 0 Å². The van der Waals surface area contributed by atoms with E-state index in [1.807, 2.05) is 0 Å². The third-order valence-corrected chi connectivity index (χ3v) is 5.17. The molecule has 0 heterocycles. The van der Waals surface area contributed by atoms with Gasteiger partial charge < -0.3 is 5.73 Å². The molecule has 1 aromatic rings. The van der Waals surface area contributed by atoms with Crippen molar-refractivity contribution in [2.75, 3.05) is 0 Å². The number of fused-ring (bicyclic) bond motifs is 1. The first-order valence-electron chi connectivity index (χ1n) is 7.37. The Morgan fingerprint density at radius 3 is 2.17 bits per heavy atom. The maximum atomic E-state index is 6.47. The van der Waals surface area contributed by atoms with Crippen molar-refractivity contribution in [1.82, 2.24) is 0 Å². The summed E-state index contributed by atoms with van der Waals surface area (Å²) in [6.07, 6.45) is 5.36. The van der Waals surface area contributed by atoms with Crippen LogP contribution in [0, 0.1) is 38.5 Å². The van der Waals surface area contributed by atoms with Crippen LogP contribution in [0.25, 0.3) is 0 Å². The SMILES string of the molecule is Cc1cc(C)c(CC(N)C2CC3CC3C2)c(C)c1. The Balaban J connectivity index is 1.72. The van der Waals surface area contributed by atoms with E-state index in [4.69, 9.17) is 5.73 Å². The fourth-order valence-electron chi connectivity index (χ4n) is 4.05. The highest BCUT2D eigenvalue weighted by Gasteiger charge is 2.47. The van der Waals surface area contributed by atoms with Gasteiger partial charge in [0.05, 0.1) is 0 Å². The number of rotatable bonds is 3. The van der Waals surface area contributed by atoms with Gasteiger partial charge in [-0.05, 0) is 80.9 Å². The summed E-state index contributed by atoms with van der Waals surface area (Å²) in [5, 5.41) is 0. The van der Waals surface area contributed by atoms with Crippen LogP contribution in [0.3, 0.4) is 0 Å². The minimum Gasteiger partial charge on any atom is -0.327 e. The van der Waals surface area contributed by atoms with Crippen molar-refractivity contribution in [3.63, 3.8) is 0 Å². The molecule has 3 rings (SSSR count). The second kappa shape index (κ2) is 4.38. The molecule has 3 atom stereocenters.